The highest BCUT2D eigenvalue weighted by molar-refractivity contribution is 6.31. The van der Waals surface area contributed by atoms with Crippen molar-refractivity contribution in [2.75, 3.05) is 5.32 Å². The lowest BCUT2D eigenvalue weighted by Gasteiger charge is -2.06. The number of benzene rings is 1. The van der Waals surface area contributed by atoms with Gasteiger partial charge in [-0.05, 0) is 38.1 Å². The maximum Gasteiger partial charge on any atom is 0.221 e. The summed E-state index contributed by atoms with van der Waals surface area (Å²) in [5, 5.41) is 7.77. The lowest BCUT2D eigenvalue weighted by atomic mass is 10.2. The normalized spacial score (nSPS) is 10.4. The topological polar surface area (TPSA) is 46.9 Å². The molecule has 0 atom stereocenters. The molecule has 0 radical (unpaired) electrons. The summed E-state index contributed by atoms with van der Waals surface area (Å²) in [7, 11) is 0. The van der Waals surface area contributed by atoms with Crippen LogP contribution >= 0.6 is 11.6 Å². The number of carbonyl (C=O) groups excluding carboxylic acids is 1. The first-order chi connectivity index (χ1) is 8.49. The molecule has 1 aromatic carbocycles. The summed E-state index contributed by atoms with van der Waals surface area (Å²) >= 11 is 6.11. The van der Waals surface area contributed by atoms with Gasteiger partial charge >= 0.3 is 0 Å². The number of halogens is 1. The van der Waals surface area contributed by atoms with Crippen LogP contribution < -0.4 is 5.32 Å². The molecule has 18 heavy (non-hydrogen) atoms. The minimum Gasteiger partial charge on any atom is -0.326 e. The van der Waals surface area contributed by atoms with Gasteiger partial charge in [0.15, 0.2) is 0 Å². The molecule has 0 aliphatic carbocycles. The Labute approximate surface area is 111 Å². The summed E-state index contributed by atoms with van der Waals surface area (Å²) in [6.07, 6.45) is 0. The molecule has 94 valence electrons. The molecule has 0 saturated heterocycles. The van der Waals surface area contributed by atoms with E-state index in [2.05, 4.69) is 10.4 Å². The summed E-state index contributed by atoms with van der Waals surface area (Å²) in [4.78, 5) is 10.9. The fraction of sp³-hybridized carbons (Fsp3) is 0.231. The molecular weight excluding hydrogens is 250 g/mol. The number of anilines is 1. The van der Waals surface area contributed by atoms with Crippen molar-refractivity contribution in [2.24, 2.45) is 0 Å². The van der Waals surface area contributed by atoms with Gasteiger partial charge in [-0.15, -0.1) is 0 Å². The number of aromatic nitrogens is 2. The van der Waals surface area contributed by atoms with Crippen molar-refractivity contribution in [3.8, 4) is 5.69 Å². The summed E-state index contributed by atoms with van der Waals surface area (Å²) < 4.78 is 1.79. The van der Waals surface area contributed by atoms with Crippen LogP contribution in [0.5, 0.6) is 0 Å². The van der Waals surface area contributed by atoms with Gasteiger partial charge in [-0.2, -0.15) is 5.10 Å². The number of nitrogens with one attached hydrogen (secondary N) is 1. The van der Waals surface area contributed by atoms with E-state index in [9.17, 15) is 4.79 Å². The molecule has 2 rings (SSSR count). The molecule has 4 nitrogen and oxygen atoms in total. The predicted octanol–water partition coefficient (Wildman–Crippen LogP) is 3.10. The Hall–Kier alpha value is -1.81. The van der Waals surface area contributed by atoms with Crippen LogP contribution in [0.4, 0.5) is 5.69 Å². The van der Waals surface area contributed by atoms with Gasteiger partial charge < -0.3 is 5.32 Å². The van der Waals surface area contributed by atoms with Gasteiger partial charge in [-0.1, -0.05) is 11.6 Å². The van der Waals surface area contributed by atoms with E-state index in [1.54, 1.807) is 4.68 Å². The van der Waals surface area contributed by atoms with Crippen molar-refractivity contribution >= 4 is 23.2 Å². The molecular formula is C13H14ClN3O. The van der Waals surface area contributed by atoms with Crippen molar-refractivity contribution in [1.29, 1.82) is 0 Å². The lowest BCUT2D eigenvalue weighted by molar-refractivity contribution is -0.114. The minimum atomic E-state index is -0.0862. The van der Waals surface area contributed by atoms with Crippen LogP contribution in [0.3, 0.4) is 0 Å². The van der Waals surface area contributed by atoms with Crippen LogP contribution in [-0.4, -0.2) is 15.7 Å². The molecule has 1 amide bonds. The zero-order valence-corrected chi connectivity index (χ0v) is 11.2. The van der Waals surface area contributed by atoms with Crippen molar-refractivity contribution in [1.82, 2.24) is 9.78 Å². The van der Waals surface area contributed by atoms with E-state index in [0.29, 0.717) is 5.02 Å². The van der Waals surface area contributed by atoms with E-state index in [1.807, 2.05) is 38.1 Å². The highest BCUT2D eigenvalue weighted by atomic mass is 35.5. The maximum atomic E-state index is 10.9. The SMILES string of the molecule is CC(=O)Nc1ccc(-n2nc(C)c(Cl)c2C)cc1. The van der Waals surface area contributed by atoms with E-state index in [-0.39, 0.29) is 5.91 Å². The van der Waals surface area contributed by atoms with Gasteiger partial charge in [0.1, 0.15) is 0 Å². The van der Waals surface area contributed by atoms with Gasteiger partial charge in [0.25, 0.3) is 0 Å². The summed E-state index contributed by atoms with van der Waals surface area (Å²) in [6, 6.07) is 7.45. The summed E-state index contributed by atoms with van der Waals surface area (Å²) in [6.45, 7) is 5.27. The number of nitrogens with zero attached hydrogens (tertiary/aromatic N) is 2. The Kier molecular flexibility index (Phi) is 3.39. The van der Waals surface area contributed by atoms with Gasteiger partial charge in [-0.3, -0.25) is 4.79 Å². The second-order valence-electron chi connectivity index (χ2n) is 4.12. The molecule has 0 unspecified atom stereocenters. The Morgan fingerprint density at radius 2 is 1.89 bits per heavy atom. The van der Waals surface area contributed by atoms with Gasteiger partial charge in [0.2, 0.25) is 5.91 Å². The molecule has 0 spiro atoms. The van der Waals surface area contributed by atoms with Crippen LogP contribution in [0.1, 0.15) is 18.3 Å². The molecule has 0 saturated carbocycles. The van der Waals surface area contributed by atoms with E-state index in [1.165, 1.54) is 6.92 Å². The van der Waals surface area contributed by atoms with Crippen molar-refractivity contribution in [3.05, 3.63) is 40.7 Å². The lowest BCUT2D eigenvalue weighted by Crippen LogP contribution is -2.06. The average molecular weight is 264 g/mol. The van der Waals surface area contributed by atoms with Crippen LogP contribution in [0, 0.1) is 13.8 Å². The number of amides is 1. The van der Waals surface area contributed by atoms with Crippen LogP contribution in [-0.2, 0) is 4.79 Å². The third-order valence-corrected chi connectivity index (χ3v) is 3.18. The molecule has 2 aromatic rings. The van der Waals surface area contributed by atoms with Crippen LogP contribution in [0.15, 0.2) is 24.3 Å². The first-order valence-electron chi connectivity index (χ1n) is 5.59. The first kappa shape index (κ1) is 12.6. The van der Waals surface area contributed by atoms with Crippen molar-refractivity contribution in [3.63, 3.8) is 0 Å². The fourth-order valence-electron chi connectivity index (χ4n) is 1.76. The fourth-order valence-corrected chi connectivity index (χ4v) is 1.88. The molecule has 1 aromatic heterocycles. The zero-order chi connectivity index (χ0) is 13.3. The highest BCUT2D eigenvalue weighted by Crippen LogP contribution is 2.23. The Morgan fingerprint density at radius 3 is 2.33 bits per heavy atom. The van der Waals surface area contributed by atoms with E-state index < -0.39 is 0 Å². The number of aryl methyl sites for hydroxylation is 1. The molecule has 0 fully saturated rings. The Morgan fingerprint density at radius 1 is 1.28 bits per heavy atom. The second kappa shape index (κ2) is 4.82. The smallest absolute Gasteiger partial charge is 0.221 e. The predicted molar refractivity (Wildman–Crippen MR) is 72.4 cm³/mol. The Bertz CT molecular complexity index is 587. The quantitative estimate of drug-likeness (QED) is 0.905. The third kappa shape index (κ3) is 2.38. The number of hydrogen-bond donors (Lipinski definition) is 1. The minimum absolute atomic E-state index is 0.0862. The third-order valence-electron chi connectivity index (χ3n) is 2.64. The second-order valence-corrected chi connectivity index (χ2v) is 4.50. The largest absolute Gasteiger partial charge is 0.326 e. The number of carbonyl (C=O) groups is 1. The van der Waals surface area contributed by atoms with E-state index in [0.717, 1.165) is 22.8 Å². The van der Waals surface area contributed by atoms with Crippen molar-refractivity contribution in [2.45, 2.75) is 20.8 Å². The van der Waals surface area contributed by atoms with Gasteiger partial charge in [0, 0.05) is 12.6 Å². The number of hydrogen-bond acceptors (Lipinski definition) is 2. The Balaban J connectivity index is 2.34. The maximum absolute atomic E-state index is 10.9. The zero-order valence-electron chi connectivity index (χ0n) is 10.5. The van der Waals surface area contributed by atoms with Gasteiger partial charge in [-0.25, -0.2) is 4.68 Å². The standard InChI is InChI=1S/C13H14ClN3O/c1-8-13(14)9(2)17(16-8)12-6-4-11(5-7-12)15-10(3)18/h4-7H,1-3H3,(H,15,18). The summed E-state index contributed by atoms with van der Waals surface area (Å²) in [5.41, 5.74) is 3.39. The highest BCUT2D eigenvalue weighted by Gasteiger charge is 2.10. The van der Waals surface area contributed by atoms with E-state index >= 15 is 0 Å². The molecule has 5 heteroatoms. The van der Waals surface area contributed by atoms with Crippen LogP contribution in [0.25, 0.3) is 5.69 Å². The molecule has 0 aliphatic rings. The summed E-state index contributed by atoms with van der Waals surface area (Å²) in [5.74, 6) is -0.0862. The molecule has 1 N–H and O–H groups in total. The first-order valence-corrected chi connectivity index (χ1v) is 5.96. The van der Waals surface area contributed by atoms with E-state index in [4.69, 9.17) is 11.6 Å². The monoisotopic (exact) mass is 263 g/mol. The van der Waals surface area contributed by atoms with Crippen LogP contribution in [0.2, 0.25) is 5.02 Å². The number of rotatable bonds is 2. The van der Waals surface area contributed by atoms with Crippen molar-refractivity contribution < 1.29 is 4.79 Å². The van der Waals surface area contributed by atoms with Gasteiger partial charge in [0.05, 0.1) is 22.1 Å². The molecule has 0 bridgehead atoms. The average Bonchev–Trinajstić information content (AvgIpc) is 2.57. The molecule has 1 heterocycles. The molecule has 0 aliphatic heterocycles.